The molecule has 0 aromatic heterocycles. The zero-order chi connectivity index (χ0) is 14.4. The van der Waals surface area contributed by atoms with Crippen molar-refractivity contribution in [1.82, 2.24) is 4.90 Å². The second kappa shape index (κ2) is 6.95. The number of benzene rings is 1. The number of amides is 1. The molecule has 1 aliphatic heterocycles. The van der Waals surface area contributed by atoms with E-state index in [0.29, 0.717) is 18.2 Å². The van der Waals surface area contributed by atoms with Gasteiger partial charge in [0.25, 0.3) is 0 Å². The summed E-state index contributed by atoms with van der Waals surface area (Å²) in [6, 6.07) is 9.71. The van der Waals surface area contributed by atoms with Crippen molar-refractivity contribution < 1.29 is 4.79 Å². The fourth-order valence-electron chi connectivity index (χ4n) is 2.73. The number of anilines is 1. The summed E-state index contributed by atoms with van der Waals surface area (Å²) in [5, 5.41) is 12.0. The van der Waals surface area contributed by atoms with E-state index in [1.807, 2.05) is 17.0 Å². The number of rotatable bonds is 4. The fourth-order valence-corrected chi connectivity index (χ4v) is 2.73. The van der Waals surface area contributed by atoms with Crippen LogP contribution in [0.15, 0.2) is 24.3 Å². The molecule has 2 rings (SSSR count). The van der Waals surface area contributed by atoms with Crippen LogP contribution in [0.3, 0.4) is 0 Å². The molecule has 1 aliphatic rings. The van der Waals surface area contributed by atoms with Crippen LogP contribution in [-0.2, 0) is 4.79 Å². The van der Waals surface area contributed by atoms with Crippen LogP contribution in [0.5, 0.6) is 0 Å². The molecule has 1 amide bonds. The summed E-state index contributed by atoms with van der Waals surface area (Å²) in [5.74, 6) is 0.152. The highest BCUT2D eigenvalue weighted by molar-refractivity contribution is 5.81. The molecule has 0 spiro atoms. The second-order valence-electron chi connectivity index (χ2n) is 5.19. The van der Waals surface area contributed by atoms with Crippen LogP contribution >= 0.6 is 0 Å². The Kier molecular flexibility index (Phi) is 5.00. The Morgan fingerprint density at radius 1 is 1.50 bits per heavy atom. The third-order valence-corrected chi connectivity index (χ3v) is 3.85. The predicted molar refractivity (Wildman–Crippen MR) is 79.3 cm³/mol. The predicted octanol–water partition coefficient (Wildman–Crippen LogP) is 2.76. The number of hydrogen-bond donors (Lipinski definition) is 1. The number of hydrogen-bond acceptors (Lipinski definition) is 3. The number of likely N-dealkylation sites (tertiary alicyclic amines) is 1. The van der Waals surface area contributed by atoms with Gasteiger partial charge >= 0.3 is 0 Å². The minimum Gasteiger partial charge on any atom is -0.376 e. The molecule has 4 heteroatoms. The Balaban J connectivity index is 1.92. The summed E-state index contributed by atoms with van der Waals surface area (Å²) in [4.78, 5) is 14.3. The molecule has 20 heavy (non-hydrogen) atoms. The van der Waals surface area contributed by atoms with E-state index in [1.54, 1.807) is 12.1 Å². The van der Waals surface area contributed by atoms with Gasteiger partial charge in [0.05, 0.1) is 18.2 Å². The summed E-state index contributed by atoms with van der Waals surface area (Å²) < 4.78 is 0. The van der Waals surface area contributed by atoms with Gasteiger partial charge in [-0.1, -0.05) is 13.0 Å². The Labute approximate surface area is 120 Å². The van der Waals surface area contributed by atoms with Gasteiger partial charge in [0.15, 0.2) is 0 Å². The van der Waals surface area contributed by atoms with E-state index < -0.39 is 0 Å². The largest absolute Gasteiger partial charge is 0.376 e. The summed E-state index contributed by atoms with van der Waals surface area (Å²) >= 11 is 0. The number of piperidine rings is 1. The van der Waals surface area contributed by atoms with Crippen LogP contribution < -0.4 is 5.32 Å². The first kappa shape index (κ1) is 14.4. The average molecular weight is 271 g/mol. The number of carbonyl (C=O) groups is 1. The number of nitrogens with zero attached hydrogens (tertiary/aromatic N) is 2. The third-order valence-electron chi connectivity index (χ3n) is 3.85. The molecule has 1 aromatic carbocycles. The van der Waals surface area contributed by atoms with Gasteiger partial charge in [0, 0.05) is 18.3 Å². The quantitative estimate of drug-likeness (QED) is 0.916. The van der Waals surface area contributed by atoms with Gasteiger partial charge in [-0.25, -0.2) is 0 Å². The minimum atomic E-state index is 0.152. The van der Waals surface area contributed by atoms with Gasteiger partial charge in [-0.15, -0.1) is 0 Å². The second-order valence-corrected chi connectivity index (χ2v) is 5.19. The SMILES string of the molecule is CCC1CCCCN1C(=O)CNc1cccc(C#N)c1. The maximum Gasteiger partial charge on any atom is 0.242 e. The topological polar surface area (TPSA) is 56.1 Å². The highest BCUT2D eigenvalue weighted by atomic mass is 16.2. The Morgan fingerprint density at radius 2 is 2.35 bits per heavy atom. The van der Waals surface area contributed by atoms with Crippen LogP contribution in [0.4, 0.5) is 5.69 Å². The summed E-state index contributed by atoms with van der Waals surface area (Å²) in [7, 11) is 0. The first-order valence-corrected chi connectivity index (χ1v) is 7.28. The molecule has 106 valence electrons. The van der Waals surface area contributed by atoms with Crippen LogP contribution in [-0.4, -0.2) is 29.9 Å². The van der Waals surface area contributed by atoms with E-state index in [-0.39, 0.29) is 5.91 Å². The van der Waals surface area contributed by atoms with Crippen molar-refractivity contribution in [1.29, 1.82) is 5.26 Å². The lowest BCUT2D eigenvalue weighted by atomic mass is 10.00. The molecule has 1 aromatic rings. The van der Waals surface area contributed by atoms with Crippen molar-refractivity contribution in [2.24, 2.45) is 0 Å². The fraction of sp³-hybridized carbons (Fsp3) is 0.500. The molecule has 4 nitrogen and oxygen atoms in total. The Bertz CT molecular complexity index is 507. The highest BCUT2D eigenvalue weighted by Gasteiger charge is 2.24. The Hall–Kier alpha value is -2.02. The number of nitrogens with one attached hydrogen (secondary N) is 1. The number of nitriles is 1. The monoisotopic (exact) mass is 271 g/mol. The van der Waals surface area contributed by atoms with E-state index in [2.05, 4.69) is 18.3 Å². The standard InChI is InChI=1S/C16H21N3O/c1-2-15-8-3-4-9-19(15)16(20)12-18-14-7-5-6-13(10-14)11-17/h5-7,10,15,18H,2-4,8-9,12H2,1H3. The molecule has 0 saturated carbocycles. The minimum absolute atomic E-state index is 0.152. The van der Waals surface area contributed by atoms with Gasteiger partial charge in [0.2, 0.25) is 5.91 Å². The van der Waals surface area contributed by atoms with Crippen molar-refractivity contribution >= 4 is 11.6 Å². The molecular weight excluding hydrogens is 250 g/mol. The van der Waals surface area contributed by atoms with Crippen molar-refractivity contribution in [3.05, 3.63) is 29.8 Å². The van der Waals surface area contributed by atoms with Crippen molar-refractivity contribution in [2.45, 2.75) is 38.6 Å². The summed E-state index contributed by atoms with van der Waals surface area (Å²) in [6.45, 7) is 3.31. The summed E-state index contributed by atoms with van der Waals surface area (Å²) in [5.41, 5.74) is 1.43. The van der Waals surface area contributed by atoms with Crippen LogP contribution in [0.25, 0.3) is 0 Å². The van der Waals surface area contributed by atoms with Gasteiger partial charge in [-0.3, -0.25) is 4.79 Å². The molecule has 1 heterocycles. The number of carbonyl (C=O) groups excluding carboxylic acids is 1. The molecule has 0 bridgehead atoms. The van der Waals surface area contributed by atoms with E-state index >= 15 is 0 Å². The van der Waals surface area contributed by atoms with Crippen molar-refractivity contribution in [3.63, 3.8) is 0 Å². The average Bonchev–Trinajstić information content (AvgIpc) is 2.52. The van der Waals surface area contributed by atoms with Crippen LogP contribution in [0.1, 0.15) is 38.2 Å². The van der Waals surface area contributed by atoms with Crippen LogP contribution in [0, 0.1) is 11.3 Å². The van der Waals surface area contributed by atoms with E-state index in [9.17, 15) is 4.79 Å². The molecule has 1 saturated heterocycles. The highest BCUT2D eigenvalue weighted by Crippen LogP contribution is 2.19. The molecule has 1 fully saturated rings. The van der Waals surface area contributed by atoms with Crippen molar-refractivity contribution in [3.8, 4) is 6.07 Å². The summed E-state index contributed by atoms with van der Waals surface area (Å²) in [6.07, 6.45) is 4.47. The molecule has 1 N–H and O–H groups in total. The molecule has 0 aliphatic carbocycles. The van der Waals surface area contributed by atoms with Gasteiger partial charge in [-0.2, -0.15) is 5.26 Å². The van der Waals surface area contributed by atoms with E-state index in [1.165, 1.54) is 6.42 Å². The maximum atomic E-state index is 12.3. The van der Waals surface area contributed by atoms with Gasteiger partial charge < -0.3 is 10.2 Å². The smallest absolute Gasteiger partial charge is 0.242 e. The molecule has 0 radical (unpaired) electrons. The van der Waals surface area contributed by atoms with E-state index in [4.69, 9.17) is 5.26 Å². The van der Waals surface area contributed by atoms with E-state index in [0.717, 1.165) is 31.5 Å². The first-order chi connectivity index (χ1) is 9.74. The lowest BCUT2D eigenvalue weighted by molar-refractivity contribution is -0.133. The van der Waals surface area contributed by atoms with Crippen molar-refractivity contribution in [2.75, 3.05) is 18.4 Å². The normalized spacial score (nSPS) is 18.4. The lowest BCUT2D eigenvalue weighted by Gasteiger charge is -2.35. The van der Waals surface area contributed by atoms with Gasteiger partial charge in [0.1, 0.15) is 0 Å². The van der Waals surface area contributed by atoms with Gasteiger partial charge in [-0.05, 0) is 43.9 Å². The zero-order valence-electron chi connectivity index (χ0n) is 11.9. The van der Waals surface area contributed by atoms with Crippen LogP contribution in [0.2, 0.25) is 0 Å². The Morgan fingerprint density at radius 3 is 3.10 bits per heavy atom. The zero-order valence-corrected chi connectivity index (χ0v) is 11.9. The maximum absolute atomic E-state index is 12.3. The molecule has 1 atom stereocenters. The molecular formula is C16H21N3O. The molecule has 1 unspecified atom stereocenters. The lowest BCUT2D eigenvalue weighted by Crippen LogP contribution is -2.45. The first-order valence-electron chi connectivity index (χ1n) is 7.28. The third kappa shape index (κ3) is 3.51.